The highest BCUT2D eigenvalue weighted by Gasteiger charge is 2.78. The standard InChI is InChI=1S/C44H66N6O10/c1-24-20-43(7,56-12)38(59-41-36(53)32(47(8)9)19-25(2)57-41)27(4)35(52)28(5)40(54)58-39-29(6)44(39)37(26(3)34(24)51)50(42(55)60-44)18-14-13-17-49-22-31(46-23-49)30-15-16-33(45-21-30)48(10)11/h15-16,21-29,32,36-39,41,53H,13-14,17-20H2,1-12H3/t24-,25-,26+,27+,28-,29?,32+,36-,37-,38-,39-,41?,43+,44+/m1/s1. The lowest BCUT2D eigenvalue weighted by molar-refractivity contribution is -0.295. The van der Waals surface area contributed by atoms with Gasteiger partial charge < -0.3 is 48.1 Å². The molecule has 1 saturated carbocycles. The van der Waals surface area contributed by atoms with Crippen LogP contribution in [0, 0.1) is 29.6 Å². The van der Waals surface area contributed by atoms with E-state index in [9.17, 15) is 24.3 Å². The lowest BCUT2D eigenvalue weighted by Crippen LogP contribution is -2.59. The van der Waals surface area contributed by atoms with Crippen molar-refractivity contribution in [3.8, 4) is 11.3 Å². The number of aryl methyl sites for hydroxylation is 1. The van der Waals surface area contributed by atoms with Crippen molar-refractivity contribution in [3.63, 3.8) is 0 Å². The molecule has 0 aromatic carbocycles. The lowest BCUT2D eigenvalue weighted by Gasteiger charge is -2.46. The van der Waals surface area contributed by atoms with Crippen LogP contribution in [0.3, 0.4) is 0 Å². The molecule has 2 aromatic heterocycles. The number of carbonyl (C=O) groups is 4. The molecule has 2 unspecified atom stereocenters. The Kier molecular flexibility index (Phi) is 13.5. The normalized spacial score (nSPS) is 37.6. The first kappa shape index (κ1) is 45.6. The van der Waals surface area contributed by atoms with Crippen molar-refractivity contribution >= 4 is 29.4 Å². The van der Waals surface area contributed by atoms with Crippen LogP contribution in [-0.4, -0.2) is 149 Å². The summed E-state index contributed by atoms with van der Waals surface area (Å²) >= 11 is 0. The fourth-order valence-electron chi connectivity index (χ4n) is 9.93. The Morgan fingerprint density at radius 1 is 0.950 bits per heavy atom. The average Bonchev–Trinajstić information content (AvgIpc) is 3.50. The maximum absolute atomic E-state index is 14.7. The van der Waals surface area contributed by atoms with E-state index in [2.05, 4.69) is 9.97 Å². The van der Waals surface area contributed by atoms with Crippen LogP contribution in [0.2, 0.25) is 0 Å². The van der Waals surface area contributed by atoms with Crippen molar-refractivity contribution in [3.05, 3.63) is 30.9 Å². The fraction of sp³-hybridized carbons (Fsp3) is 0.727. The minimum atomic E-state index is -1.26. The third kappa shape index (κ3) is 8.59. The second-order valence-corrected chi connectivity index (χ2v) is 18.4. The van der Waals surface area contributed by atoms with Gasteiger partial charge in [0.25, 0.3) is 0 Å². The van der Waals surface area contributed by atoms with Gasteiger partial charge in [-0.05, 0) is 72.7 Å². The van der Waals surface area contributed by atoms with Crippen LogP contribution in [0.25, 0.3) is 11.3 Å². The zero-order valence-corrected chi connectivity index (χ0v) is 37.4. The average molecular weight is 839 g/mol. The molecule has 6 rings (SSSR count). The first-order valence-corrected chi connectivity index (χ1v) is 21.4. The molecular weight excluding hydrogens is 773 g/mol. The van der Waals surface area contributed by atoms with Gasteiger partial charge in [0.1, 0.15) is 23.6 Å². The Balaban J connectivity index is 1.23. The third-order valence-corrected chi connectivity index (χ3v) is 13.7. The number of methoxy groups -OCH3 is 1. The van der Waals surface area contributed by atoms with Gasteiger partial charge >= 0.3 is 12.1 Å². The largest absolute Gasteiger partial charge is 0.457 e. The van der Waals surface area contributed by atoms with E-state index in [1.807, 2.05) is 88.6 Å². The Morgan fingerprint density at radius 2 is 1.65 bits per heavy atom. The maximum atomic E-state index is 14.7. The summed E-state index contributed by atoms with van der Waals surface area (Å²) < 4.78 is 33.2. The number of hydrogen-bond acceptors (Lipinski definition) is 14. The van der Waals surface area contributed by atoms with Crippen molar-refractivity contribution in [2.75, 3.05) is 46.7 Å². The van der Waals surface area contributed by atoms with E-state index in [1.165, 1.54) is 14.0 Å². The number of anilines is 1. The van der Waals surface area contributed by atoms with Crippen LogP contribution in [-0.2, 0) is 44.6 Å². The van der Waals surface area contributed by atoms with Crippen LogP contribution >= 0.6 is 0 Å². The first-order chi connectivity index (χ1) is 28.2. The second kappa shape index (κ2) is 17.8. The summed E-state index contributed by atoms with van der Waals surface area (Å²) in [5.74, 6) is -4.38. The molecule has 1 aliphatic carbocycles. The molecule has 3 saturated heterocycles. The number of likely N-dealkylation sites (N-methyl/N-ethyl adjacent to an activating group) is 1. The molecule has 16 heteroatoms. The number of ether oxygens (including phenoxy) is 5. The molecule has 0 radical (unpaired) electrons. The summed E-state index contributed by atoms with van der Waals surface area (Å²) in [5.41, 5.74) is -0.794. The van der Waals surface area contributed by atoms with Gasteiger partial charge in [0.05, 0.1) is 35.9 Å². The Morgan fingerprint density at radius 3 is 2.28 bits per heavy atom. The molecule has 4 aliphatic rings. The van der Waals surface area contributed by atoms with Crippen molar-refractivity contribution < 1.29 is 48.0 Å². The smallest absolute Gasteiger partial charge is 0.410 e. The van der Waals surface area contributed by atoms with Crippen molar-refractivity contribution in [1.29, 1.82) is 0 Å². The molecule has 60 heavy (non-hydrogen) atoms. The van der Waals surface area contributed by atoms with Crippen molar-refractivity contribution in [2.24, 2.45) is 29.6 Å². The minimum absolute atomic E-state index is 0.132. The molecule has 2 aromatic rings. The summed E-state index contributed by atoms with van der Waals surface area (Å²) in [6.07, 6.45) is 2.71. The number of imidazole rings is 1. The highest BCUT2D eigenvalue weighted by Crippen LogP contribution is 2.59. The van der Waals surface area contributed by atoms with E-state index >= 15 is 0 Å². The molecule has 14 atom stereocenters. The molecule has 0 bridgehead atoms. The van der Waals surface area contributed by atoms with Crippen LogP contribution in [0.4, 0.5) is 10.6 Å². The van der Waals surface area contributed by atoms with Gasteiger partial charge in [0.15, 0.2) is 23.8 Å². The number of amides is 1. The number of esters is 1. The zero-order chi connectivity index (χ0) is 44.0. The summed E-state index contributed by atoms with van der Waals surface area (Å²) in [5, 5.41) is 11.4. The number of carbonyl (C=O) groups excluding carboxylic acids is 4. The fourth-order valence-corrected chi connectivity index (χ4v) is 9.93. The summed E-state index contributed by atoms with van der Waals surface area (Å²) in [6, 6.07) is 2.93. The molecule has 16 nitrogen and oxygen atoms in total. The van der Waals surface area contributed by atoms with Crippen LogP contribution < -0.4 is 4.90 Å². The van der Waals surface area contributed by atoms with Gasteiger partial charge in [-0.15, -0.1) is 0 Å². The predicted octanol–water partition coefficient (Wildman–Crippen LogP) is 4.22. The van der Waals surface area contributed by atoms with E-state index in [0.29, 0.717) is 32.4 Å². The maximum Gasteiger partial charge on any atom is 0.410 e. The second-order valence-electron chi connectivity index (χ2n) is 18.4. The van der Waals surface area contributed by atoms with Gasteiger partial charge in [-0.3, -0.25) is 14.4 Å². The predicted molar refractivity (Wildman–Crippen MR) is 222 cm³/mol. The van der Waals surface area contributed by atoms with Gasteiger partial charge in [0.2, 0.25) is 0 Å². The molecule has 1 amide bonds. The zero-order valence-electron chi connectivity index (χ0n) is 37.4. The number of nitrogens with zero attached hydrogens (tertiary/aromatic N) is 6. The highest BCUT2D eigenvalue weighted by molar-refractivity contribution is 6.00. The molecular formula is C44H66N6O10. The Labute approximate surface area is 354 Å². The van der Waals surface area contributed by atoms with Gasteiger partial charge in [-0.25, -0.2) is 14.8 Å². The van der Waals surface area contributed by atoms with E-state index in [-0.39, 0.29) is 24.3 Å². The quantitative estimate of drug-likeness (QED) is 0.194. The Hall–Kier alpha value is -3.96. The number of rotatable bonds is 11. The molecule has 5 heterocycles. The van der Waals surface area contributed by atoms with Gasteiger partial charge in [-0.2, -0.15) is 0 Å². The first-order valence-electron chi connectivity index (χ1n) is 21.4. The number of aliphatic hydroxyl groups excluding tert-OH is 1. The van der Waals surface area contributed by atoms with Crippen LogP contribution in [0.1, 0.15) is 74.1 Å². The van der Waals surface area contributed by atoms with Crippen LogP contribution in [0.15, 0.2) is 30.9 Å². The number of pyridine rings is 1. The monoisotopic (exact) mass is 838 g/mol. The number of aromatic nitrogens is 3. The molecule has 1 N–H and O–H groups in total. The molecule has 3 aliphatic heterocycles. The Bertz CT molecular complexity index is 1870. The van der Waals surface area contributed by atoms with E-state index in [4.69, 9.17) is 23.7 Å². The molecule has 332 valence electrons. The number of Topliss-reactive ketones (excluding diaryl/α,β-unsaturated/α-hetero) is 2. The van der Waals surface area contributed by atoms with Gasteiger partial charge in [0, 0.05) is 82.0 Å². The van der Waals surface area contributed by atoms with Gasteiger partial charge in [-0.1, -0.05) is 27.7 Å². The number of unbranched alkanes of at least 4 members (excludes halogenated alkanes) is 1. The van der Waals surface area contributed by atoms with E-state index in [0.717, 1.165) is 17.1 Å². The summed E-state index contributed by atoms with van der Waals surface area (Å²) in [6.45, 7) is 13.3. The SMILES string of the molecule is CO[C@@]1(C)C[C@@H](C)C(=O)[C@H](C)[C@H]2N(CCCCn3cnc(-c4ccc(N(C)C)nc4)c3)C(=O)O[C@@]23C(C)[C@H]3OC(=O)[C@H](C)C(=O)[C@H](C)[C@H]1OC1O[C@H](C)C[C@H](N(C)C)[C@H]1O. The summed E-state index contributed by atoms with van der Waals surface area (Å²) in [4.78, 5) is 71.2. The third-order valence-electron chi connectivity index (χ3n) is 13.7. The summed E-state index contributed by atoms with van der Waals surface area (Å²) in [7, 11) is 9.13. The number of aliphatic hydroxyl groups is 1. The highest BCUT2D eigenvalue weighted by atomic mass is 16.7. The minimum Gasteiger partial charge on any atom is -0.457 e. The number of ketones is 2. The topological polar surface area (TPSA) is 175 Å². The molecule has 4 fully saturated rings. The number of hydrogen-bond donors (Lipinski definition) is 1. The molecule has 1 spiro atoms. The van der Waals surface area contributed by atoms with Crippen molar-refractivity contribution in [2.45, 2.75) is 135 Å². The van der Waals surface area contributed by atoms with Crippen LogP contribution in [0.5, 0.6) is 0 Å². The van der Waals surface area contributed by atoms with E-state index in [1.54, 1.807) is 31.3 Å². The lowest BCUT2D eigenvalue weighted by atomic mass is 9.75. The van der Waals surface area contributed by atoms with Crippen molar-refractivity contribution in [1.82, 2.24) is 24.3 Å². The van der Waals surface area contributed by atoms with E-state index < -0.39 is 89.3 Å².